The Bertz CT molecular complexity index is 514. The van der Waals surface area contributed by atoms with Crippen LogP contribution in [0.2, 0.25) is 0 Å². The van der Waals surface area contributed by atoms with Crippen LogP contribution in [-0.2, 0) is 0 Å². The zero-order valence-electron chi connectivity index (χ0n) is 9.08. The van der Waals surface area contributed by atoms with E-state index in [1.807, 2.05) is 0 Å². The molecular formula is C11H14N2O3S. The van der Waals surface area contributed by atoms with Crippen LogP contribution in [0.1, 0.15) is 18.1 Å². The minimum absolute atomic E-state index is 0.143. The van der Waals surface area contributed by atoms with Crippen molar-refractivity contribution in [2.45, 2.75) is 18.6 Å². The molecule has 17 heavy (non-hydrogen) atoms. The summed E-state index contributed by atoms with van der Waals surface area (Å²) in [6.45, 7) is -0.159. The fourth-order valence-electron chi connectivity index (χ4n) is 1.66. The molecule has 5 N–H and O–H groups in total. The van der Waals surface area contributed by atoms with Gasteiger partial charge in [-0.2, -0.15) is 0 Å². The lowest BCUT2D eigenvalue weighted by atomic mass is 10.0. The minimum Gasteiger partial charge on any atom is -0.396 e. The lowest BCUT2D eigenvalue weighted by molar-refractivity contribution is 0.00429. The normalized spacial score (nSPS) is 15.0. The number of rotatable bonds is 4. The van der Waals surface area contributed by atoms with Gasteiger partial charge in [0.1, 0.15) is 6.10 Å². The first-order valence-corrected chi connectivity index (χ1v) is 6.06. The summed E-state index contributed by atoms with van der Waals surface area (Å²) in [5, 5.41) is 28.7. The van der Waals surface area contributed by atoms with E-state index in [-0.39, 0.29) is 13.0 Å². The molecule has 0 radical (unpaired) electrons. The van der Waals surface area contributed by atoms with Crippen molar-refractivity contribution in [2.75, 3.05) is 12.3 Å². The largest absolute Gasteiger partial charge is 0.396 e. The van der Waals surface area contributed by atoms with Gasteiger partial charge in [-0.05, 0) is 24.1 Å². The molecule has 0 aliphatic heterocycles. The molecule has 1 aromatic heterocycles. The SMILES string of the molecule is Nc1nc2ccc(C(O)C(O)CCO)cc2s1. The van der Waals surface area contributed by atoms with Gasteiger partial charge in [-0.1, -0.05) is 17.4 Å². The summed E-state index contributed by atoms with van der Waals surface area (Å²) in [5.74, 6) is 0. The van der Waals surface area contributed by atoms with Crippen LogP contribution >= 0.6 is 11.3 Å². The van der Waals surface area contributed by atoms with Crippen molar-refractivity contribution in [3.05, 3.63) is 23.8 Å². The van der Waals surface area contributed by atoms with E-state index in [1.165, 1.54) is 11.3 Å². The number of hydrogen-bond acceptors (Lipinski definition) is 6. The maximum atomic E-state index is 9.88. The molecule has 1 aromatic carbocycles. The molecule has 5 nitrogen and oxygen atoms in total. The molecule has 0 amide bonds. The van der Waals surface area contributed by atoms with Crippen molar-refractivity contribution >= 4 is 26.7 Å². The van der Waals surface area contributed by atoms with Crippen LogP contribution in [-0.4, -0.2) is 33.0 Å². The average molecular weight is 254 g/mol. The van der Waals surface area contributed by atoms with Gasteiger partial charge in [0, 0.05) is 6.61 Å². The monoisotopic (exact) mass is 254 g/mol. The number of fused-ring (bicyclic) bond motifs is 1. The topological polar surface area (TPSA) is 99.6 Å². The van der Waals surface area contributed by atoms with Crippen LogP contribution in [0.5, 0.6) is 0 Å². The molecular weight excluding hydrogens is 240 g/mol. The number of thiazole rings is 1. The second-order valence-electron chi connectivity index (χ2n) is 3.80. The summed E-state index contributed by atoms with van der Waals surface area (Å²) in [5.41, 5.74) is 6.96. The zero-order chi connectivity index (χ0) is 12.4. The number of benzene rings is 1. The van der Waals surface area contributed by atoms with Crippen molar-refractivity contribution in [1.82, 2.24) is 4.98 Å². The number of hydrogen-bond donors (Lipinski definition) is 4. The third-order valence-corrected chi connectivity index (χ3v) is 3.41. The van der Waals surface area contributed by atoms with E-state index in [4.69, 9.17) is 10.8 Å². The van der Waals surface area contributed by atoms with Gasteiger partial charge in [0.15, 0.2) is 5.13 Å². The van der Waals surface area contributed by atoms with Gasteiger partial charge in [-0.25, -0.2) is 4.98 Å². The Morgan fingerprint density at radius 3 is 2.82 bits per heavy atom. The van der Waals surface area contributed by atoms with Crippen molar-refractivity contribution in [1.29, 1.82) is 0 Å². The molecule has 2 atom stereocenters. The molecule has 0 bridgehead atoms. The Balaban J connectivity index is 2.28. The van der Waals surface area contributed by atoms with Crippen molar-refractivity contribution in [2.24, 2.45) is 0 Å². The Labute approximate surface area is 102 Å². The molecule has 0 saturated carbocycles. The Morgan fingerprint density at radius 2 is 2.12 bits per heavy atom. The first-order valence-electron chi connectivity index (χ1n) is 5.25. The molecule has 0 aliphatic rings. The lowest BCUT2D eigenvalue weighted by Crippen LogP contribution is -2.19. The Morgan fingerprint density at radius 1 is 1.35 bits per heavy atom. The molecule has 6 heteroatoms. The fourth-order valence-corrected chi connectivity index (χ4v) is 2.44. The first-order chi connectivity index (χ1) is 8.11. The zero-order valence-corrected chi connectivity index (χ0v) is 9.89. The van der Waals surface area contributed by atoms with Gasteiger partial charge in [-0.15, -0.1) is 0 Å². The Hall–Kier alpha value is -1.21. The maximum absolute atomic E-state index is 9.88. The highest BCUT2D eigenvalue weighted by molar-refractivity contribution is 7.22. The third-order valence-electron chi connectivity index (χ3n) is 2.56. The minimum atomic E-state index is -1.00. The van der Waals surface area contributed by atoms with E-state index in [9.17, 15) is 10.2 Å². The summed E-state index contributed by atoms with van der Waals surface area (Å²) in [6, 6.07) is 5.22. The molecule has 0 spiro atoms. The van der Waals surface area contributed by atoms with E-state index in [2.05, 4.69) is 4.98 Å². The first kappa shape index (κ1) is 12.3. The Kier molecular flexibility index (Phi) is 3.58. The molecule has 1 heterocycles. The second kappa shape index (κ2) is 4.97. The predicted molar refractivity (Wildman–Crippen MR) is 66.7 cm³/mol. The van der Waals surface area contributed by atoms with Gasteiger partial charge in [0.25, 0.3) is 0 Å². The number of aliphatic hydroxyl groups is 3. The standard InChI is InChI=1S/C11H14N2O3S/c12-11-13-7-2-1-6(5-9(7)17-11)10(16)8(15)3-4-14/h1-2,5,8,10,14-16H,3-4H2,(H2,12,13). The lowest BCUT2D eigenvalue weighted by Gasteiger charge is -2.17. The highest BCUT2D eigenvalue weighted by atomic mass is 32.1. The van der Waals surface area contributed by atoms with Crippen LogP contribution in [0.3, 0.4) is 0 Å². The fraction of sp³-hybridized carbons (Fsp3) is 0.364. The van der Waals surface area contributed by atoms with Crippen molar-refractivity contribution in [3.8, 4) is 0 Å². The highest BCUT2D eigenvalue weighted by Crippen LogP contribution is 2.28. The summed E-state index contributed by atoms with van der Waals surface area (Å²) in [4.78, 5) is 4.11. The van der Waals surface area contributed by atoms with Crippen molar-refractivity contribution < 1.29 is 15.3 Å². The van der Waals surface area contributed by atoms with Gasteiger partial charge < -0.3 is 21.1 Å². The van der Waals surface area contributed by atoms with E-state index in [0.29, 0.717) is 10.7 Å². The van der Waals surface area contributed by atoms with Crippen molar-refractivity contribution in [3.63, 3.8) is 0 Å². The molecule has 2 unspecified atom stereocenters. The van der Waals surface area contributed by atoms with Gasteiger partial charge >= 0.3 is 0 Å². The van der Waals surface area contributed by atoms with Crippen LogP contribution < -0.4 is 5.73 Å². The summed E-state index contributed by atoms with van der Waals surface area (Å²) < 4.78 is 0.871. The quantitative estimate of drug-likeness (QED) is 0.642. The predicted octanol–water partition coefficient (Wildman–Crippen LogP) is 0.655. The molecule has 2 aromatic rings. The number of nitrogen functional groups attached to an aromatic ring is 1. The molecule has 0 saturated heterocycles. The average Bonchev–Trinajstić information content (AvgIpc) is 2.67. The summed E-state index contributed by atoms with van der Waals surface area (Å²) >= 11 is 1.33. The smallest absolute Gasteiger partial charge is 0.181 e. The highest BCUT2D eigenvalue weighted by Gasteiger charge is 2.18. The number of anilines is 1. The van der Waals surface area contributed by atoms with E-state index >= 15 is 0 Å². The van der Waals surface area contributed by atoms with Crippen LogP contribution in [0.4, 0.5) is 5.13 Å². The van der Waals surface area contributed by atoms with E-state index < -0.39 is 12.2 Å². The summed E-state index contributed by atoms with van der Waals surface area (Å²) in [6.07, 6.45) is -1.83. The van der Waals surface area contributed by atoms with Crippen LogP contribution in [0.25, 0.3) is 10.2 Å². The van der Waals surface area contributed by atoms with Gasteiger partial charge in [-0.3, -0.25) is 0 Å². The van der Waals surface area contributed by atoms with Gasteiger partial charge in [0.2, 0.25) is 0 Å². The van der Waals surface area contributed by atoms with Gasteiger partial charge in [0.05, 0.1) is 16.3 Å². The number of aliphatic hydroxyl groups excluding tert-OH is 3. The number of aromatic nitrogens is 1. The second-order valence-corrected chi connectivity index (χ2v) is 4.87. The molecule has 2 rings (SSSR count). The maximum Gasteiger partial charge on any atom is 0.181 e. The van der Waals surface area contributed by atoms with E-state index in [0.717, 1.165) is 10.2 Å². The van der Waals surface area contributed by atoms with Crippen LogP contribution in [0, 0.1) is 0 Å². The van der Waals surface area contributed by atoms with E-state index in [1.54, 1.807) is 18.2 Å². The van der Waals surface area contributed by atoms with Crippen LogP contribution in [0.15, 0.2) is 18.2 Å². The third kappa shape index (κ3) is 2.55. The summed E-state index contributed by atoms with van der Waals surface area (Å²) in [7, 11) is 0. The number of nitrogens with two attached hydrogens (primary N) is 1. The number of nitrogens with zero attached hydrogens (tertiary/aromatic N) is 1. The molecule has 92 valence electrons. The molecule has 0 fully saturated rings. The molecule has 0 aliphatic carbocycles.